The highest BCUT2D eigenvalue weighted by atomic mass is 19.1. The average Bonchev–Trinajstić information content (AvgIpc) is 2.43. The number of hydrogen-bond donors (Lipinski definition) is 0. The van der Waals surface area contributed by atoms with Gasteiger partial charge in [-0.05, 0) is 44.9 Å². The summed E-state index contributed by atoms with van der Waals surface area (Å²) in [5.41, 5.74) is 0.331. The Morgan fingerprint density at radius 2 is 2.00 bits per heavy atom. The normalized spacial score (nSPS) is 23.6. The van der Waals surface area contributed by atoms with E-state index in [9.17, 15) is 9.18 Å². The molecule has 1 aromatic carbocycles. The molecule has 3 nitrogen and oxygen atoms in total. The third kappa shape index (κ3) is 3.18. The molecule has 0 aromatic heterocycles. The lowest BCUT2D eigenvalue weighted by Crippen LogP contribution is -2.46. The summed E-state index contributed by atoms with van der Waals surface area (Å²) in [7, 11) is 1.50. The van der Waals surface area contributed by atoms with Crippen LogP contribution in [0.2, 0.25) is 0 Å². The summed E-state index contributed by atoms with van der Waals surface area (Å²) in [6.45, 7) is 4.61. The number of ketones is 1. The first-order valence-electron chi connectivity index (χ1n) is 7.15. The van der Waals surface area contributed by atoms with Gasteiger partial charge in [0.1, 0.15) is 11.6 Å². The largest absolute Gasteiger partial charge is 0.496 e. The van der Waals surface area contributed by atoms with Crippen molar-refractivity contribution in [3.05, 3.63) is 29.6 Å². The zero-order valence-corrected chi connectivity index (χ0v) is 12.4. The molecule has 0 saturated carbocycles. The predicted octanol–water partition coefficient (Wildman–Crippen LogP) is 3.28. The minimum atomic E-state index is -0.408. The Morgan fingerprint density at radius 1 is 1.35 bits per heavy atom. The van der Waals surface area contributed by atoms with Crippen LogP contribution in [0.5, 0.6) is 5.75 Å². The molecule has 0 radical (unpaired) electrons. The molecule has 0 amide bonds. The zero-order valence-electron chi connectivity index (χ0n) is 12.4. The molecule has 1 fully saturated rings. The van der Waals surface area contributed by atoms with Crippen LogP contribution < -0.4 is 4.74 Å². The molecule has 0 bridgehead atoms. The molecule has 4 heteroatoms. The molecular formula is C16H22FNO2. The molecule has 2 atom stereocenters. The third-order valence-electron chi connectivity index (χ3n) is 4.16. The van der Waals surface area contributed by atoms with Crippen molar-refractivity contribution in [1.29, 1.82) is 0 Å². The molecule has 1 saturated heterocycles. The monoisotopic (exact) mass is 279 g/mol. The SMILES string of the molecule is COc1ccc(F)cc1C(=O)CN1C(C)CCCC1C. The topological polar surface area (TPSA) is 29.5 Å². The van der Waals surface area contributed by atoms with Crippen LogP contribution >= 0.6 is 0 Å². The Hall–Kier alpha value is -1.42. The molecule has 1 aliphatic heterocycles. The van der Waals surface area contributed by atoms with Gasteiger partial charge in [-0.3, -0.25) is 9.69 Å². The molecular weight excluding hydrogens is 257 g/mol. The van der Waals surface area contributed by atoms with Gasteiger partial charge in [0.2, 0.25) is 0 Å². The van der Waals surface area contributed by atoms with E-state index in [4.69, 9.17) is 4.74 Å². The molecule has 0 spiro atoms. The van der Waals surface area contributed by atoms with E-state index in [-0.39, 0.29) is 5.78 Å². The van der Waals surface area contributed by atoms with Crippen LogP contribution in [0.1, 0.15) is 43.5 Å². The van der Waals surface area contributed by atoms with Gasteiger partial charge in [-0.25, -0.2) is 4.39 Å². The minimum absolute atomic E-state index is 0.0815. The van der Waals surface area contributed by atoms with Crippen molar-refractivity contribution in [3.63, 3.8) is 0 Å². The molecule has 110 valence electrons. The predicted molar refractivity (Wildman–Crippen MR) is 76.8 cm³/mol. The van der Waals surface area contributed by atoms with E-state index in [0.29, 0.717) is 29.9 Å². The van der Waals surface area contributed by atoms with Gasteiger partial charge in [0.15, 0.2) is 5.78 Å². The summed E-state index contributed by atoms with van der Waals surface area (Å²) in [4.78, 5) is 14.7. The first kappa shape index (κ1) is 15.0. The van der Waals surface area contributed by atoms with Crippen molar-refractivity contribution < 1.29 is 13.9 Å². The van der Waals surface area contributed by atoms with Crippen LogP contribution in [0, 0.1) is 5.82 Å². The Balaban J connectivity index is 2.17. The second-order valence-electron chi connectivity index (χ2n) is 5.57. The minimum Gasteiger partial charge on any atom is -0.496 e. The van der Waals surface area contributed by atoms with Gasteiger partial charge in [0.25, 0.3) is 0 Å². The number of carbonyl (C=O) groups excluding carboxylic acids is 1. The Morgan fingerprint density at radius 3 is 2.60 bits per heavy atom. The maximum atomic E-state index is 13.4. The number of benzene rings is 1. The number of ether oxygens (including phenoxy) is 1. The highest BCUT2D eigenvalue weighted by Gasteiger charge is 2.27. The second-order valence-corrected chi connectivity index (χ2v) is 5.57. The number of rotatable bonds is 4. The summed E-state index contributed by atoms with van der Waals surface area (Å²) in [5, 5.41) is 0. The number of piperidine rings is 1. The molecule has 2 rings (SSSR count). The summed E-state index contributed by atoms with van der Waals surface area (Å²) in [6.07, 6.45) is 3.42. The van der Waals surface area contributed by atoms with Gasteiger partial charge >= 0.3 is 0 Å². The van der Waals surface area contributed by atoms with Crippen molar-refractivity contribution in [2.24, 2.45) is 0 Å². The van der Waals surface area contributed by atoms with Crippen LogP contribution in [0.15, 0.2) is 18.2 Å². The van der Waals surface area contributed by atoms with Gasteiger partial charge in [-0.15, -0.1) is 0 Å². The van der Waals surface area contributed by atoms with Crippen LogP contribution in [-0.4, -0.2) is 36.4 Å². The van der Waals surface area contributed by atoms with Gasteiger partial charge < -0.3 is 4.74 Å². The molecule has 2 unspecified atom stereocenters. The lowest BCUT2D eigenvalue weighted by molar-refractivity contribution is 0.0731. The lowest BCUT2D eigenvalue weighted by atomic mass is 9.96. The van der Waals surface area contributed by atoms with E-state index < -0.39 is 5.82 Å². The van der Waals surface area contributed by atoms with Crippen molar-refractivity contribution >= 4 is 5.78 Å². The Bertz CT molecular complexity index is 479. The van der Waals surface area contributed by atoms with Gasteiger partial charge in [0, 0.05) is 12.1 Å². The van der Waals surface area contributed by atoms with Crippen LogP contribution in [0.3, 0.4) is 0 Å². The van der Waals surface area contributed by atoms with E-state index in [1.54, 1.807) is 0 Å². The first-order valence-corrected chi connectivity index (χ1v) is 7.15. The molecule has 1 heterocycles. The van der Waals surface area contributed by atoms with Gasteiger partial charge in [-0.2, -0.15) is 0 Å². The number of halogens is 1. The smallest absolute Gasteiger partial charge is 0.180 e. The maximum absolute atomic E-state index is 13.4. The van der Waals surface area contributed by atoms with E-state index in [1.165, 1.54) is 31.7 Å². The van der Waals surface area contributed by atoms with E-state index >= 15 is 0 Å². The number of methoxy groups -OCH3 is 1. The number of carbonyl (C=O) groups is 1. The Labute approximate surface area is 119 Å². The van der Waals surface area contributed by atoms with Crippen molar-refractivity contribution in [2.75, 3.05) is 13.7 Å². The number of hydrogen-bond acceptors (Lipinski definition) is 3. The van der Waals surface area contributed by atoms with Crippen LogP contribution in [0.25, 0.3) is 0 Å². The van der Waals surface area contributed by atoms with E-state index in [1.807, 2.05) is 0 Å². The highest BCUT2D eigenvalue weighted by molar-refractivity contribution is 6.00. The summed E-state index contributed by atoms with van der Waals surface area (Å²) >= 11 is 0. The van der Waals surface area contributed by atoms with Crippen molar-refractivity contribution in [1.82, 2.24) is 4.90 Å². The van der Waals surface area contributed by atoms with Crippen LogP contribution in [-0.2, 0) is 0 Å². The van der Waals surface area contributed by atoms with Gasteiger partial charge in [-0.1, -0.05) is 6.42 Å². The Kier molecular flexibility index (Phi) is 4.76. The molecule has 20 heavy (non-hydrogen) atoms. The van der Waals surface area contributed by atoms with Crippen LogP contribution in [0.4, 0.5) is 4.39 Å². The van der Waals surface area contributed by atoms with E-state index in [0.717, 1.165) is 12.8 Å². The summed E-state index contributed by atoms with van der Waals surface area (Å²) in [5.74, 6) is -0.0513. The fourth-order valence-corrected chi connectivity index (χ4v) is 2.94. The van der Waals surface area contributed by atoms with Gasteiger partial charge in [0.05, 0.1) is 19.2 Å². The fourth-order valence-electron chi connectivity index (χ4n) is 2.94. The number of Topliss-reactive ketones (excluding diaryl/α,β-unsaturated/α-hetero) is 1. The number of likely N-dealkylation sites (tertiary alicyclic amines) is 1. The maximum Gasteiger partial charge on any atom is 0.180 e. The highest BCUT2D eigenvalue weighted by Crippen LogP contribution is 2.25. The molecule has 1 aromatic rings. The summed E-state index contributed by atoms with van der Waals surface area (Å²) in [6, 6.07) is 4.86. The number of nitrogens with zero attached hydrogens (tertiary/aromatic N) is 1. The lowest BCUT2D eigenvalue weighted by Gasteiger charge is -2.38. The third-order valence-corrected chi connectivity index (χ3v) is 4.16. The average molecular weight is 279 g/mol. The second kappa shape index (κ2) is 6.35. The standard InChI is InChI=1S/C16H22FNO2/c1-11-5-4-6-12(2)18(11)10-15(19)14-9-13(17)7-8-16(14)20-3/h7-9,11-12H,4-6,10H2,1-3H3. The zero-order chi connectivity index (χ0) is 14.7. The quantitative estimate of drug-likeness (QED) is 0.792. The van der Waals surface area contributed by atoms with Crippen molar-refractivity contribution in [2.45, 2.75) is 45.2 Å². The molecule has 1 aliphatic rings. The first-order chi connectivity index (χ1) is 9.52. The van der Waals surface area contributed by atoms with Crippen molar-refractivity contribution in [3.8, 4) is 5.75 Å². The summed E-state index contributed by atoms with van der Waals surface area (Å²) < 4.78 is 18.5. The molecule has 0 aliphatic carbocycles. The fraction of sp³-hybridized carbons (Fsp3) is 0.562. The molecule has 0 N–H and O–H groups in total. The van der Waals surface area contributed by atoms with E-state index in [2.05, 4.69) is 18.7 Å².